The van der Waals surface area contributed by atoms with Gasteiger partial charge < -0.3 is 4.98 Å². The molecular weight excluding hydrogens is 271 g/mol. The van der Waals surface area contributed by atoms with E-state index in [0.29, 0.717) is 22.3 Å². The lowest BCUT2D eigenvalue weighted by Gasteiger charge is -2.05. The first kappa shape index (κ1) is 13.5. The SMILES string of the molecule is Cc1ccc2nc(-c3cnn(CCF)c3)[nH]c(=O)c2c1C. The molecule has 0 saturated carbocycles. The monoisotopic (exact) mass is 286 g/mol. The van der Waals surface area contributed by atoms with Gasteiger partial charge in [-0.1, -0.05) is 6.07 Å². The van der Waals surface area contributed by atoms with Crippen LogP contribution in [0.2, 0.25) is 0 Å². The van der Waals surface area contributed by atoms with E-state index in [9.17, 15) is 9.18 Å². The van der Waals surface area contributed by atoms with E-state index in [0.717, 1.165) is 11.1 Å². The van der Waals surface area contributed by atoms with E-state index in [1.165, 1.54) is 4.68 Å². The number of nitrogens with one attached hydrogen (secondary N) is 1. The number of nitrogens with zero attached hydrogens (tertiary/aromatic N) is 3. The zero-order chi connectivity index (χ0) is 15.0. The molecule has 1 aromatic carbocycles. The van der Waals surface area contributed by atoms with Crippen LogP contribution in [0.1, 0.15) is 11.1 Å². The molecule has 108 valence electrons. The Labute approximate surface area is 120 Å². The maximum absolute atomic E-state index is 12.3. The molecule has 2 heterocycles. The number of alkyl halides is 1. The van der Waals surface area contributed by atoms with Gasteiger partial charge in [0.2, 0.25) is 0 Å². The van der Waals surface area contributed by atoms with Gasteiger partial charge in [0.05, 0.1) is 29.2 Å². The average Bonchev–Trinajstić information content (AvgIpc) is 2.91. The molecule has 5 nitrogen and oxygen atoms in total. The van der Waals surface area contributed by atoms with Crippen LogP contribution in [-0.2, 0) is 6.54 Å². The van der Waals surface area contributed by atoms with E-state index in [1.807, 2.05) is 26.0 Å². The van der Waals surface area contributed by atoms with Gasteiger partial charge >= 0.3 is 0 Å². The normalized spacial score (nSPS) is 11.2. The fraction of sp³-hybridized carbons (Fsp3) is 0.267. The van der Waals surface area contributed by atoms with E-state index in [4.69, 9.17) is 0 Å². The Kier molecular flexibility index (Phi) is 3.29. The second-order valence-electron chi connectivity index (χ2n) is 5.00. The van der Waals surface area contributed by atoms with Crippen LogP contribution < -0.4 is 5.56 Å². The minimum Gasteiger partial charge on any atom is -0.306 e. The van der Waals surface area contributed by atoms with Crippen molar-refractivity contribution in [2.24, 2.45) is 0 Å². The Bertz CT molecular complexity index is 866. The lowest BCUT2D eigenvalue weighted by atomic mass is 10.1. The van der Waals surface area contributed by atoms with Crippen molar-refractivity contribution in [3.8, 4) is 11.4 Å². The van der Waals surface area contributed by atoms with Gasteiger partial charge in [0.1, 0.15) is 12.5 Å². The van der Waals surface area contributed by atoms with E-state index in [2.05, 4.69) is 15.1 Å². The Morgan fingerprint density at radius 3 is 2.90 bits per heavy atom. The highest BCUT2D eigenvalue weighted by Gasteiger charge is 2.10. The summed E-state index contributed by atoms with van der Waals surface area (Å²) in [5, 5.41) is 4.64. The largest absolute Gasteiger partial charge is 0.306 e. The molecule has 21 heavy (non-hydrogen) atoms. The molecule has 0 spiro atoms. The molecule has 0 amide bonds. The van der Waals surface area contributed by atoms with Crippen molar-refractivity contribution in [3.05, 3.63) is 46.0 Å². The fourth-order valence-corrected chi connectivity index (χ4v) is 2.33. The van der Waals surface area contributed by atoms with Crippen LogP contribution in [0.4, 0.5) is 4.39 Å². The van der Waals surface area contributed by atoms with E-state index >= 15 is 0 Å². The number of benzene rings is 1. The number of aromatic amines is 1. The lowest BCUT2D eigenvalue weighted by molar-refractivity contribution is 0.427. The summed E-state index contributed by atoms with van der Waals surface area (Å²) in [7, 11) is 0. The summed E-state index contributed by atoms with van der Waals surface area (Å²) in [5.41, 5.74) is 3.13. The number of rotatable bonds is 3. The third-order valence-electron chi connectivity index (χ3n) is 3.63. The van der Waals surface area contributed by atoms with Crippen LogP contribution in [0.5, 0.6) is 0 Å². The van der Waals surface area contributed by atoms with Crippen LogP contribution in [0.3, 0.4) is 0 Å². The number of hydrogen-bond acceptors (Lipinski definition) is 3. The molecule has 3 aromatic rings. The van der Waals surface area contributed by atoms with Crippen molar-refractivity contribution in [1.29, 1.82) is 0 Å². The zero-order valence-electron chi connectivity index (χ0n) is 11.9. The molecule has 0 radical (unpaired) electrons. The van der Waals surface area contributed by atoms with Gasteiger partial charge in [-0.2, -0.15) is 5.10 Å². The molecule has 0 unspecified atom stereocenters. The quantitative estimate of drug-likeness (QED) is 0.804. The Hall–Kier alpha value is -2.50. The maximum Gasteiger partial charge on any atom is 0.259 e. The summed E-state index contributed by atoms with van der Waals surface area (Å²) in [4.78, 5) is 19.6. The topological polar surface area (TPSA) is 63.6 Å². The molecule has 0 bridgehead atoms. The predicted octanol–water partition coefficient (Wildman–Crippen LogP) is 2.37. The average molecular weight is 286 g/mol. The molecule has 0 atom stereocenters. The lowest BCUT2D eigenvalue weighted by Crippen LogP contribution is -2.11. The summed E-state index contributed by atoms with van der Waals surface area (Å²) in [5.74, 6) is 0.445. The summed E-state index contributed by atoms with van der Waals surface area (Å²) in [6, 6.07) is 3.78. The highest BCUT2D eigenvalue weighted by Crippen LogP contribution is 2.19. The second kappa shape index (κ2) is 5.12. The van der Waals surface area contributed by atoms with Gasteiger partial charge in [-0.25, -0.2) is 9.37 Å². The summed E-state index contributed by atoms with van der Waals surface area (Å²) in [6.07, 6.45) is 3.24. The second-order valence-corrected chi connectivity index (χ2v) is 5.00. The standard InChI is InChI=1S/C15H15FN4O/c1-9-3-4-12-13(10(9)2)15(21)19-14(18-12)11-7-17-20(8-11)6-5-16/h3-4,7-8H,5-6H2,1-2H3,(H,18,19,21). The van der Waals surface area contributed by atoms with Crippen molar-refractivity contribution in [2.45, 2.75) is 20.4 Å². The van der Waals surface area contributed by atoms with Gasteiger partial charge in [-0.3, -0.25) is 9.48 Å². The molecule has 3 rings (SSSR count). The van der Waals surface area contributed by atoms with Crippen LogP contribution in [0.15, 0.2) is 29.3 Å². The van der Waals surface area contributed by atoms with Crippen LogP contribution >= 0.6 is 0 Å². The van der Waals surface area contributed by atoms with Gasteiger partial charge in [0, 0.05) is 6.20 Å². The van der Waals surface area contributed by atoms with Crippen molar-refractivity contribution in [1.82, 2.24) is 19.7 Å². The first-order valence-corrected chi connectivity index (χ1v) is 6.69. The maximum atomic E-state index is 12.3. The number of hydrogen-bond donors (Lipinski definition) is 1. The molecule has 0 fully saturated rings. The van der Waals surface area contributed by atoms with Crippen molar-refractivity contribution < 1.29 is 4.39 Å². The summed E-state index contributed by atoms with van der Waals surface area (Å²) < 4.78 is 13.8. The van der Waals surface area contributed by atoms with Crippen molar-refractivity contribution in [3.63, 3.8) is 0 Å². The number of fused-ring (bicyclic) bond motifs is 1. The third kappa shape index (κ3) is 2.33. The third-order valence-corrected chi connectivity index (χ3v) is 3.63. The highest BCUT2D eigenvalue weighted by atomic mass is 19.1. The molecule has 0 aliphatic rings. The van der Waals surface area contributed by atoms with Gasteiger partial charge in [-0.05, 0) is 31.0 Å². The Morgan fingerprint density at radius 1 is 1.33 bits per heavy atom. The Morgan fingerprint density at radius 2 is 2.14 bits per heavy atom. The predicted molar refractivity (Wildman–Crippen MR) is 79.0 cm³/mol. The van der Waals surface area contributed by atoms with Gasteiger partial charge in [-0.15, -0.1) is 0 Å². The number of aryl methyl sites for hydroxylation is 3. The molecular formula is C15H15FN4O. The Balaban J connectivity index is 2.16. The van der Waals surface area contributed by atoms with Crippen molar-refractivity contribution in [2.75, 3.05) is 6.67 Å². The minimum absolute atomic E-state index is 0.172. The van der Waals surface area contributed by atoms with Gasteiger partial charge in [0.25, 0.3) is 5.56 Å². The summed E-state index contributed by atoms with van der Waals surface area (Å²) in [6.45, 7) is 3.58. The molecule has 0 aliphatic carbocycles. The summed E-state index contributed by atoms with van der Waals surface area (Å²) >= 11 is 0. The molecule has 2 aromatic heterocycles. The molecule has 6 heteroatoms. The zero-order valence-corrected chi connectivity index (χ0v) is 11.9. The van der Waals surface area contributed by atoms with E-state index < -0.39 is 6.67 Å². The minimum atomic E-state index is -0.485. The number of halogens is 1. The van der Waals surface area contributed by atoms with Crippen LogP contribution in [-0.4, -0.2) is 26.4 Å². The van der Waals surface area contributed by atoms with Crippen LogP contribution in [0, 0.1) is 13.8 Å². The molecule has 0 saturated heterocycles. The van der Waals surface area contributed by atoms with E-state index in [-0.39, 0.29) is 12.1 Å². The highest BCUT2D eigenvalue weighted by molar-refractivity contribution is 5.83. The molecule has 1 N–H and O–H groups in total. The first-order valence-electron chi connectivity index (χ1n) is 6.69. The van der Waals surface area contributed by atoms with Crippen molar-refractivity contribution >= 4 is 10.9 Å². The number of H-pyrrole nitrogens is 1. The smallest absolute Gasteiger partial charge is 0.259 e. The fourth-order valence-electron chi connectivity index (χ4n) is 2.33. The van der Waals surface area contributed by atoms with E-state index in [1.54, 1.807) is 12.4 Å². The first-order chi connectivity index (χ1) is 10.1. The molecule has 0 aliphatic heterocycles. The van der Waals surface area contributed by atoms with Crippen LogP contribution in [0.25, 0.3) is 22.3 Å². The van der Waals surface area contributed by atoms with Gasteiger partial charge in [0.15, 0.2) is 0 Å². The number of aromatic nitrogens is 4.